The minimum absolute atomic E-state index is 0.0223. The molecule has 0 atom stereocenters. The molecular weight excluding hydrogens is 371 g/mol. The molecule has 0 bridgehead atoms. The van der Waals surface area contributed by atoms with Gasteiger partial charge in [0.2, 0.25) is 0 Å². The summed E-state index contributed by atoms with van der Waals surface area (Å²) >= 11 is 11.9. The molecule has 26 heavy (non-hydrogen) atoms. The molecule has 2 N–H and O–H groups in total. The molecule has 0 saturated carbocycles. The molecule has 0 saturated heterocycles. The third-order valence-corrected chi connectivity index (χ3v) is 4.70. The summed E-state index contributed by atoms with van der Waals surface area (Å²) in [6, 6.07) is 6.91. The fourth-order valence-corrected chi connectivity index (χ4v) is 2.84. The zero-order valence-corrected chi connectivity index (χ0v) is 16.5. The van der Waals surface area contributed by atoms with E-state index < -0.39 is 0 Å². The smallest absolute Gasteiger partial charge is 0.129 e. The summed E-state index contributed by atoms with van der Waals surface area (Å²) < 4.78 is 5.32. The number of aromatic hydroxyl groups is 2. The van der Waals surface area contributed by atoms with Crippen molar-refractivity contribution in [2.75, 3.05) is 7.11 Å². The zero-order chi connectivity index (χ0) is 19.3. The van der Waals surface area contributed by atoms with Gasteiger partial charge in [0.1, 0.15) is 17.2 Å². The maximum absolute atomic E-state index is 10.6. The number of allylic oxidation sites excluding steroid dienone is 3. The van der Waals surface area contributed by atoms with Crippen molar-refractivity contribution in [3.8, 4) is 17.2 Å². The lowest BCUT2D eigenvalue weighted by molar-refractivity contribution is 0.388. The van der Waals surface area contributed by atoms with Crippen LogP contribution in [0.2, 0.25) is 10.0 Å². The zero-order valence-electron chi connectivity index (χ0n) is 15.0. The van der Waals surface area contributed by atoms with Crippen LogP contribution < -0.4 is 4.74 Å². The third kappa shape index (κ3) is 4.96. The SMILES string of the molecule is COc1cc(O)c(CC=C(C)C)c(O)c1C/C=C/c1ccc(Cl)c(Cl)c1. The van der Waals surface area contributed by atoms with Gasteiger partial charge >= 0.3 is 0 Å². The van der Waals surface area contributed by atoms with Crippen LogP contribution >= 0.6 is 23.2 Å². The highest BCUT2D eigenvalue weighted by molar-refractivity contribution is 6.42. The summed E-state index contributed by atoms with van der Waals surface area (Å²) in [6.45, 7) is 3.94. The minimum Gasteiger partial charge on any atom is -0.507 e. The molecule has 0 aliphatic carbocycles. The first-order valence-corrected chi connectivity index (χ1v) is 8.94. The predicted octanol–water partition coefficient (Wildman–Crippen LogP) is 6.18. The fraction of sp³-hybridized carbons (Fsp3) is 0.238. The number of halogens is 2. The molecule has 0 aliphatic rings. The molecule has 0 heterocycles. The lowest BCUT2D eigenvalue weighted by Gasteiger charge is -2.14. The van der Waals surface area contributed by atoms with E-state index in [0.717, 1.165) is 11.1 Å². The van der Waals surface area contributed by atoms with Gasteiger partial charge in [0.15, 0.2) is 0 Å². The Bertz CT molecular complexity index is 851. The summed E-state index contributed by atoms with van der Waals surface area (Å²) in [4.78, 5) is 0. The second-order valence-corrected chi connectivity index (χ2v) is 6.98. The molecule has 0 radical (unpaired) electrons. The number of phenolic OH excluding ortho intramolecular Hbond substituents is 2. The fourth-order valence-electron chi connectivity index (χ4n) is 2.53. The quantitative estimate of drug-likeness (QED) is 0.577. The number of methoxy groups -OCH3 is 1. The Hall–Kier alpha value is -2.10. The van der Waals surface area contributed by atoms with Crippen LogP contribution in [0.4, 0.5) is 0 Å². The second-order valence-electron chi connectivity index (χ2n) is 6.17. The Morgan fingerprint density at radius 1 is 1.04 bits per heavy atom. The van der Waals surface area contributed by atoms with Gasteiger partial charge in [0.25, 0.3) is 0 Å². The van der Waals surface area contributed by atoms with Gasteiger partial charge in [-0.15, -0.1) is 0 Å². The average Bonchev–Trinajstić information content (AvgIpc) is 2.59. The molecule has 2 aromatic rings. The van der Waals surface area contributed by atoms with Gasteiger partial charge in [-0.1, -0.05) is 53.1 Å². The maximum Gasteiger partial charge on any atom is 0.129 e. The number of hydrogen-bond acceptors (Lipinski definition) is 3. The van der Waals surface area contributed by atoms with Gasteiger partial charge < -0.3 is 14.9 Å². The van der Waals surface area contributed by atoms with Crippen molar-refractivity contribution < 1.29 is 14.9 Å². The van der Waals surface area contributed by atoms with Crippen molar-refractivity contribution in [2.45, 2.75) is 26.7 Å². The average molecular weight is 393 g/mol. The first kappa shape index (κ1) is 20.2. The van der Waals surface area contributed by atoms with E-state index in [1.165, 1.54) is 13.2 Å². The van der Waals surface area contributed by atoms with E-state index in [2.05, 4.69) is 0 Å². The van der Waals surface area contributed by atoms with Crippen LogP contribution in [0.3, 0.4) is 0 Å². The van der Waals surface area contributed by atoms with E-state index >= 15 is 0 Å². The molecule has 5 heteroatoms. The Kier molecular flexibility index (Phi) is 7.01. The number of phenols is 2. The van der Waals surface area contributed by atoms with Crippen molar-refractivity contribution in [3.05, 3.63) is 68.7 Å². The molecule has 0 spiro atoms. The van der Waals surface area contributed by atoms with Crippen molar-refractivity contribution in [3.63, 3.8) is 0 Å². The van der Waals surface area contributed by atoms with Crippen LogP contribution in [-0.2, 0) is 12.8 Å². The molecule has 2 aromatic carbocycles. The summed E-state index contributed by atoms with van der Waals surface area (Å²) in [5.41, 5.74) is 3.13. The molecular formula is C21H22Cl2O3. The lowest BCUT2D eigenvalue weighted by Crippen LogP contribution is -1.96. The first-order valence-electron chi connectivity index (χ1n) is 8.19. The van der Waals surface area contributed by atoms with Crippen LogP contribution in [0.25, 0.3) is 6.08 Å². The molecule has 138 valence electrons. The van der Waals surface area contributed by atoms with Crippen LogP contribution in [0.15, 0.2) is 42.0 Å². The Balaban J connectivity index is 2.31. The molecule has 0 aliphatic heterocycles. The van der Waals surface area contributed by atoms with Gasteiger partial charge in [0, 0.05) is 17.2 Å². The number of benzene rings is 2. The Morgan fingerprint density at radius 3 is 2.38 bits per heavy atom. The standard InChI is InChI=1S/C21H22Cl2O3/c1-13(2)7-9-15-19(24)12-20(26-3)16(21(15)25)6-4-5-14-8-10-17(22)18(23)11-14/h4-5,7-8,10-12,24-25H,6,9H2,1-3H3/b5-4+. The van der Waals surface area contributed by atoms with E-state index in [1.807, 2.05) is 38.1 Å². The topological polar surface area (TPSA) is 49.7 Å². The summed E-state index contributed by atoms with van der Waals surface area (Å²) in [5, 5.41) is 21.8. The summed E-state index contributed by atoms with van der Waals surface area (Å²) in [7, 11) is 1.51. The number of ether oxygens (including phenoxy) is 1. The van der Waals surface area contributed by atoms with Crippen molar-refractivity contribution in [1.29, 1.82) is 0 Å². The van der Waals surface area contributed by atoms with Gasteiger partial charge in [-0.25, -0.2) is 0 Å². The highest BCUT2D eigenvalue weighted by Gasteiger charge is 2.16. The van der Waals surface area contributed by atoms with E-state index in [-0.39, 0.29) is 11.5 Å². The predicted molar refractivity (Wildman–Crippen MR) is 109 cm³/mol. The molecule has 0 amide bonds. The van der Waals surface area contributed by atoms with Crippen molar-refractivity contribution in [1.82, 2.24) is 0 Å². The van der Waals surface area contributed by atoms with Gasteiger partial charge in [-0.05, 0) is 44.4 Å². The van der Waals surface area contributed by atoms with Crippen LogP contribution in [0.5, 0.6) is 17.2 Å². The maximum atomic E-state index is 10.6. The Morgan fingerprint density at radius 2 is 1.77 bits per heavy atom. The van der Waals surface area contributed by atoms with E-state index in [4.69, 9.17) is 27.9 Å². The molecule has 0 unspecified atom stereocenters. The molecule has 2 rings (SSSR count). The lowest BCUT2D eigenvalue weighted by atomic mass is 10.00. The highest BCUT2D eigenvalue weighted by atomic mass is 35.5. The minimum atomic E-state index is 0.0223. The largest absolute Gasteiger partial charge is 0.507 e. The Labute approximate surface area is 164 Å². The monoisotopic (exact) mass is 392 g/mol. The van der Waals surface area contributed by atoms with E-state index in [9.17, 15) is 10.2 Å². The van der Waals surface area contributed by atoms with E-state index in [0.29, 0.717) is 39.8 Å². The van der Waals surface area contributed by atoms with Crippen LogP contribution in [0, 0.1) is 0 Å². The van der Waals surface area contributed by atoms with Crippen molar-refractivity contribution >= 4 is 29.3 Å². The van der Waals surface area contributed by atoms with Gasteiger partial charge in [-0.2, -0.15) is 0 Å². The second kappa shape index (κ2) is 9.02. The van der Waals surface area contributed by atoms with E-state index in [1.54, 1.807) is 12.1 Å². The van der Waals surface area contributed by atoms with Crippen LogP contribution in [0.1, 0.15) is 30.5 Å². The summed E-state index contributed by atoms with van der Waals surface area (Å²) in [5.74, 6) is 0.520. The third-order valence-electron chi connectivity index (χ3n) is 3.96. The first-order chi connectivity index (χ1) is 12.3. The molecule has 3 nitrogen and oxygen atoms in total. The highest BCUT2D eigenvalue weighted by Crippen LogP contribution is 2.39. The van der Waals surface area contributed by atoms with Crippen molar-refractivity contribution in [2.24, 2.45) is 0 Å². The number of rotatable bonds is 6. The van der Waals surface area contributed by atoms with Gasteiger partial charge in [0.05, 0.1) is 17.2 Å². The van der Waals surface area contributed by atoms with Gasteiger partial charge in [-0.3, -0.25) is 0 Å². The van der Waals surface area contributed by atoms with Crippen LogP contribution in [-0.4, -0.2) is 17.3 Å². The molecule has 0 fully saturated rings. The normalized spacial score (nSPS) is 11.0. The number of hydrogen-bond donors (Lipinski definition) is 2. The molecule has 0 aromatic heterocycles. The summed E-state index contributed by atoms with van der Waals surface area (Å²) in [6.07, 6.45) is 6.64.